The van der Waals surface area contributed by atoms with Crippen molar-refractivity contribution in [3.63, 3.8) is 0 Å². The fourth-order valence-corrected chi connectivity index (χ4v) is 6.87. The van der Waals surface area contributed by atoms with Gasteiger partial charge in [0, 0.05) is 17.4 Å². The van der Waals surface area contributed by atoms with Crippen LogP contribution in [0.3, 0.4) is 0 Å². The second-order valence-electron chi connectivity index (χ2n) is 12.6. The number of anilines is 1. The van der Waals surface area contributed by atoms with Crippen molar-refractivity contribution in [3.8, 4) is 34.4 Å². The molecular weight excluding hydrogens is 658 g/mol. The molecule has 0 saturated carbocycles. The molecule has 0 spiro atoms. The van der Waals surface area contributed by atoms with E-state index >= 15 is 0 Å². The van der Waals surface area contributed by atoms with Crippen molar-refractivity contribution in [2.75, 3.05) is 18.9 Å². The smallest absolute Gasteiger partial charge is 0.251 e. The Morgan fingerprint density at radius 1 is 0.904 bits per heavy atom. The van der Waals surface area contributed by atoms with E-state index in [-0.39, 0.29) is 11.9 Å². The van der Waals surface area contributed by atoms with Gasteiger partial charge in [0.2, 0.25) is 5.89 Å². The second kappa shape index (κ2) is 13.4. The molecule has 9 rings (SSSR count). The van der Waals surface area contributed by atoms with Crippen molar-refractivity contribution in [1.29, 1.82) is 0 Å². The van der Waals surface area contributed by atoms with Gasteiger partial charge in [0.25, 0.3) is 5.91 Å². The number of aryl methyl sites for hydroxylation is 1. The number of fused-ring (bicyclic) bond motifs is 2. The number of benzene rings is 3. The molecule has 2 aliphatic rings. The molecule has 1 aliphatic heterocycles. The monoisotopic (exact) mass is 691 g/mol. The standard InChI is InChI=1S/C40H33N7O5/c41-35-29(7-4-16-42-35)36-44-32-13-14-33(39-43-17-18-49-39)45-37(32)47(36)27-10-11-28-25(21-27)8-12-31(28)46-38(48)26-9-15-34(30(22-26)40-50-19-20-51-40)52-23-24-5-2-1-3-6-24/h1-7,9-11,13-18,21-22,31,40H,8,12,19-20,23H2,(H2,41,42)(H,46,48)/t31-/m0/s1. The average molecular weight is 692 g/mol. The normalized spacial score (nSPS) is 15.6. The average Bonchev–Trinajstić information content (AvgIpc) is 4.02. The molecule has 1 amide bonds. The molecule has 7 aromatic rings. The Hall–Kier alpha value is -6.37. The van der Waals surface area contributed by atoms with Crippen molar-refractivity contribution in [2.24, 2.45) is 0 Å². The Morgan fingerprint density at radius 2 is 1.79 bits per heavy atom. The molecular formula is C40H33N7O5. The Balaban J connectivity index is 1.01. The maximum absolute atomic E-state index is 13.7. The quantitative estimate of drug-likeness (QED) is 0.166. The van der Waals surface area contributed by atoms with Crippen LogP contribution < -0.4 is 15.8 Å². The van der Waals surface area contributed by atoms with Crippen LogP contribution in [0.2, 0.25) is 0 Å². The summed E-state index contributed by atoms with van der Waals surface area (Å²) in [6.07, 6.45) is 5.69. The summed E-state index contributed by atoms with van der Waals surface area (Å²) in [7, 11) is 0. The highest BCUT2D eigenvalue weighted by atomic mass is 16.7. The van der Waals surface area contributed by atoms with E-state index in [9.17, 15) is 4.79 Å². The van der Waals surface area contributed by atoms with Crippen molar-refractivity contribution < 1.29 is 23.4 Å². The minimum absolute atomic E-state index is 0.171. The number of aromatic nitrogens is 5. The van der Waals surface area contributed by atoms with E-state index in [2.05, 4.69) is 27.4 Å². The topological polar surface area (TPSA) is 152 Å². The first-order valence-corrected chi connectivity index (χ1v) is 17.1. The van der Waals surface area contributed by atoms with Gasteiger partial charge in [-0.15, -0.1) is 0 Å². The van der Waals surface area contributed by atoms with Gasteiger partial charge in [-0.25, -0.2) is 19.9 Å². The zero-order chi connectivity index (χ0) is 35.0. The van der Waals surface area contributed by atoms with Gasteiger partial charge in [-0.1, -0.05) is 36.4 Å². The first kappa shape index (κ1) is 31.6. The minimum atomic E-state index is -0.601. The highest BCUT2D eigenvalue weighted by Gasteiger charge is 2.28. The second-order valence-corrected chi connectivity index (χ2v) is 12.6. The van der Waals surface area contributed by atoms with Crippen molar-refractivity contribution in [3.05, 3.63) is 137 Å². The van der Waals surface area contributed by atoms with Gasteiger partial charge in [0.05, 0.1) is 36.6 Å². The summed E-state index contributed by atoms with van der Waals surface area (Å²) in [5, 5.41) is 3.26. The van der Waals surface area contributed by atoms with Crippen molar-refractivity contribution >= 4 is 22.9 Å². The molecule has 258 valence electrons. The first-order chi connectivity index (χ1) is 25.6. The van der Waals surface area contributed by atoms with Crippen molar-refractivity contribution in [2.45, 2.75) is 31.8 Å². The van der Waals surface area contributed by atoms with Crippen LogP contribution in [0.1, 0.15) is 51.4 Å². The summed E-state index contributed by atoms with van der Waals surface area (Å²) < 4.78 is 25.3. The van der Waals surface area contributed by atoms with Gasteiger partial charge < -0.3 is 29.7 Å². The molecule has 0 unspecified atom stereocenters. The maximum atomic E-state index is 13.7. The van der Waals surface area contributed by atoms with Crippen LogP contribution >= 0.6 is 0 Å². The van der Waals surface area contributed by atoms with Gasteiger partial charge in [-0.05, 0) is 84.1 Å². The van der Waals surface area contributed by atoms with Crippen LogP contribution in [-0.4, -0.2) is 43.6 Å². The number of carbonyl (C=O) groups excluding carboxylic acids is 1. The van der Waals surface area contributed by atoms with E-state index < -0.39 is 6.29 Å². The number of hydrogen-bond donors (Lipinski definition) is 2. The zero-order valence-corrected chi connectivity index (χ0v) is 27.9. The molecule has 12 heteroatoms. The number of oxazole rings is 1. The molecule has 52 heavy (non-hydrogen) atoms. The van der Waals surface area contributed by atoms with E-state index in [1.807, 2.05) is 71.3 Å². The maximum Gasteiger partial charge on any atom is 0.251 e. The number of amides is 1. The summed E-state index contributed by atoms with van der Waals surface area (Å²) in [4.78, 5) is 32.2. The number of imidazole rings is 1. The third-order valence-electron chi connectivity index (χ3n) is 9.39. The molecule has 1 atom stereocenters. The summed E-state index contributed by atoms with van der Waals surface area (Å²) in [5.41, 5.74) is 14.2. The Kier molecular flexibility index (Phi) is 8.14. The van der Waals surface area contributed by atoms with E-state index in [1.54, 1.807) is 24.5 Å². The minimum Gasteiger partial charge on any atom is -0.488 e. The third kappa shape index (κ3) is 5.93. The van der Waals surface area contributed by atoms with Crippen LogP contribution in [-0.2, 0) is 22.5 Å². The molecule has 1 fully saturated rings. The van der Waals surface area contributed by atoms with Crippen LogP contribution in [0, 0.1) is 0 Å². The Bertz CT molecular complexity index is 2410. The fourth-order valence-electron chi connectivity index (χ4n) is 6.87. The van der Waals surface area contributed by atoms with E-state index in [0.29, 0.717) is 76.7 Å². The Morgan fingerprint density at radius 3 is 2.62 bits per heavy atom. The number of nitrogens with one attached hydrogen (secondary N) is 1. The molecule has 0 bridgehead atoms. The van der Waals surface area contributed by atoms with E-state index in [1.165, 1.54) is 6.26 Å². The molecule has 1 saturated heterocycles. The largest absolute Gasteiger partial charge is 0.488 e. The van der Waals surface area contributed by atoms with Crippen LogP contribution in [0.4, 0.5) is 5.82 Å². The van der Waals surface area contributed by atoms with Gasteiger partial charge >= 0.3 is 0 Å². The number of carbonyl (C=O) groups is 1. The van der Waals surface area contributed by atoms with Gasteiger partial charge in [-0.3, -0.25) is 9.36 Å². The number of nitrogen functional groups attached to an aromatic ring is 1. The van der Waals surface area contributed by atoms with Crippen LogP contribution in [0.5, 0.6) is 5.75 Å². The molecule has 3 aromatic carbocycles. The zero-order valence-electron chi connectivity index (χ0n) is 27.9. The van der Waals surface area contributed by atoms with E-state index in [0.717, 1.165) is 35.2 Å². The number of nitrogens with zero attached hydrogens (tertiary/aromatic N) is 5. The lowest BCUT2D eigenvalue weighted by atomic mass is 10.1. The van der Waals surface area contributed by atoms with Crippen LogP contribution in [0.25, 0.3) is 39.8 Å². The number of rotatable bonds is 9. The first-order valence-electron chi connectivity index (χ1n) is 17.1. The highest BCUT2D eigenvalue weighted by Crippen LogP contribution is 2.37. The molecule has 5 heterocycles. The molecule has 3 N–H and O–H groups in total. The molecule has 12 nitrogen and oxygen atoms in total. The molecule has 1 aliphatic carbocycles. The summed E-state index contributed by atoms with van der Waals surface area (Å²) in [6, 6.07) is 28.8. The van der Waals surface area contributed by atoms with Crippen LogP contribution in [0.15, 0.2) is 114 Å². The van der Waals surface area contributed by atoms with Crippen molar-refractivity contribution in [1.82, 2.24) is 29.8 Å². The SMILES string of the molecule is Nc1ncccc1-c1nc2ccc(-c3ncco3)nc2n1-c1ccc2c(c1)CC[C@@H]2NC(=O)c1ccc(OCc2ccccc2)c(C2OCCO2)c1. The lowest BCUT2D eigenvalue weighted by Gasteiger charge is -2.19. The summed E-state index contributed by atoms with van der Waals surface area (Å²) >= 11 is 0. The fraction of sp³-hybridized carbons (Fsp3) is 0.175. The van der Waals surface area contributed by atoms with Gasteiger partial charge in [0.15, 0.2) is 17.8 Å². The predicted molar refractivity (Wildman–Crippen MR) is 192 cm³/mol. The van der Waals surface area contributed by atoms with Gasteiger partial charge in [-0.2, -0.15) is 0 Å². The van der Waals surface area contributed by atoms with E-state index in [4.69, 9.17) is 34.3 Å². The summed E-state index contributed by atoms with van der Waals surface area (Å²) in [6.45, 7) is 1.34. The number of ether oxygens (including phenoxy) is 3. The molecule has 4 aromatic heterocycles. The molecule has 0 radical (unpaired) electrons. The van der Waals surface area contributed by atoms with Gasteiger partial charge in [0.1, 0.15) is 35.6 Å². The number of hydrogen-bond acceptors (Lipinski definition) is 10. The Labute approximate surface area is 298 Å². The lowest BCUT2D eigenvalue weighted by Crippen LogP contribution is -2.27. The summed E-state index contributed by atoms with van der Waals surface area (Å²) in [5.74, 6) is 1.82. The number of pyridine rings is 2. The number of nitrogens with two attached hydrogens (primary N) is 1. The third-order valence-corrected chi connectivity index (χ3v) is 9.39. The predicted octanol–water partition coefficient (Wildman–Crippen LogP) is 6.76. The highest BCUT2D eigenvalue weighted by molar-refractivity contribution is 5.95. The lowest BCUT2D eigenvalue weighted by molar-refractivity contribution is -0.0459.